The molecular formula is C63H115NO5. The maximum Gasteiger partial charge on any atom is 0.306 e. The number of carbonyl (C=O) groups is 2. The van der Waals surface area contributed by atoms with Crippen LogP contribution in [0.3, 0.4) is 0 Å². The molecule has 402 valence electrons. The number of hydrogen-bond donors (Lipinski definition) is 3. The van der Waals surface area contributed by atoms with Crippen molar-refractivity contribution in [1.29, 1.82) is 0 Å². The number of carbonyl (C=O) groups excluding carboxylic acids is 2. The van der Waals surface area contributed by atoms with Gasteiger partial charge in [0.25, 0.3) is 0 Å². The summed E-state index contributed by atoms with van der Waals surface area (Å²) in [6, 6.07) is -0.721. The van der Waals surface area contributed by atoms with Crippen molar-refractivity contribution in [2.45, 2.75) is 322 Å². The van der Waals surface area contributed by atoms with E-state index < -0.39 is 18.2 Å². The van der Waals surface area contributed by atoms with E-state index in [1.807, 2.05) is 0 Å². The minimum Gasteiger partial charge on any atom is -0.462 e. The molecule has 0 saturated carbocycles. The Labute approximate surface area is 428 Å². The summed E-state index contributed by atoms with van der Waals surface area (Å²) in [6.45, 7) is 6.39. The fraction of sp³-hybridized carbons (Fsp3) is 0.810. The van der Waals surface area contributed by atoms with E-state index in [9.17, 15) is 19.8 Å². The van der Waals surface area contributed by atoms with Gasteiger partial charge in [-0.25, -0.2) is 0 Å². The van der Waals surface area contributed by atoms with Gasteiger partial charge in [-0.05, 0) is 64.2 Å². The summed E-state index contributed by atoms with van der Waals surface area (Å²) in [4.78, 5) is 26.3. The molecule has 6 nitrogen and oxygen atoms in total. The average molecular weight is 967 g/mol. The topological polar surface area (TPSA) is 95.9 Å². The Morgan fingerprint density at radius 2 is 0.783 bits per heavy atom. The predicted molar refractivity (Wildman–Crippen MR) is 301 cm³/mol. The third-order valence-corrected chi connectivity index (χ3v) is 13.6. The molecule has 0 aromatic rings. The first kappa shape index (κ1) is 66.6. The number of allylic oxidation sites excluding steroid dienone is 10. The van der Waals surface area contributed by atoms with Crippen molar-refractivity contribution in [2.75, 3.05) is 6.61 Å². The molecule has 0 heterocycles. The van der Waals surface area contributed by atoms with Gasteiger partial charge in [0.05, 0.1) is 25.2 Å². The number of aliphatic hydroxyl groups is 2. The summed E-state index contributed by atoms with van der Waals surface area (Å²) in [5.41, 5.74) is 0. The average Bonchev–Trinajstić information content (AvgIpc) is 3.34. The Morgan fingerprint density at radius 3 is 1.16 bits per heavy atom. The van der Waals surface area contributed by atoms with Crippen LogP contribution in [-0.2, 0) is 14.3 Å². The molecule has 0 aliphatic heterocycles. The second kappa shape index (κ2) is 56.5. The van der Waals surface area contributed by atoms with Crippen molar-refractivity contribution >= 4 is 11.9 Å². The first-order valence-corrected chi connectivity index (χ1v) is 30.0. The lowest BCUT2D eigenvalue weighted by atomic mass is 10.0. The Balaban J connectivity index is 4.62. The zero-order valence-corrected chi connectivity index (χ0v) is 45.9. The first-order chi connectivity index (χ1) is 34.0. The molecule has 6 heteroatoms. The van der Waals surface area contributed by atoms with Gasteiger partial charge in [-0.3, -0.25) is 9.59 Å². The van der Waals surface area contributed by atoms with Crippen molar-refractivity contribution in [3.05, 3.63) is 60.8 Å². The van der Waals surface area contributed by atoms with Gasteiger partial charge in [-0.2, -0.15) is 0 Å². The summed E-state index contributed by atoms with van der Waals surface area (Å²) in [6.07, 6.45) is 71.5. The van der Waals surface area contributed by atoms with Crippen LogP contribution in [0.4, 0.5) is 0 Å². The van der Waals surface area contributed by atoms with E-state index in [4.69, 9.17) is 4.74 Å². The van der Waals surface area contributed by atoms with E-state index >= 15 is 0 Å². The summed E-state index contributed by atoms with van der Waals surface area (Å²) >= 11 is 0. The number of unbranched alkanes of at least 4 members (excludes halogenated alkanes) is 32. The highest BCUT2D eigenvalue weighted by Gasteiger charge is 2.24. The van der Waals surface area contributed by atoms with Crippen LogP contribution in [0.2, 0.25) is 0 Å². The zero-order chi connectivity index (χ0) is 50.2. The highest BCUT2D eigenvalue weighted by atomic mass is 16.5. The summed E-state index contributed by atoms with van der Waals surface area (Å²) in [7, 11) is 0. The van der Waals surface area contributed by atoms with E-state index in [-0.39, 0.29) is 24.9 Å². The van der Waals surface area contributed by atoms with Crippen LogP contribution in [0.25, 0.3) is 0 Å². The van der Waals surface area contributed by atoms with E-state index in [1.165, 1.54) is 173 Å². The first-order valence-electron chi connectivity index (χ1n) is 30.0. The Morgan fingerprint density at radius 1 is 0.435 bits per heavy atom. The third-order valence-electron chi connectivity index (χ3n) is 13.6. The van der Waals surface area contributed by atoms with Crippen LogP contribution in [0.15, 0.2) is 60.8 Å². The summed E-state index contributed by atoms with van der Waals surface area (Å²) < 4.78 is 5.95. The number of ether oxygens (including phenoxy) is 1. The number of hydrogen-bond acceptors (Lipinski definition) is 5. The molecule has 3 atom stereocenters. The van der Waals surface area contributed by atoms with Gasteiger partial charge < -0.3 is 20.3 Å². The lowest BCUT2D eigenvalue weighted by Crippen LogP contribution is -2.46. The molecule has 0 spiro atoms. The van der Waals surface area contributed by atoms with Gasteiger partial charge in [0.2, 0.25) is 5.91 Å². The predicted octanol–water partition coefficient (Wildman–Crippen LogP) is 18.7. The molecule has 0 radical (unpaired) electrons. The largest absolute Gasteiger partial charge is 0.462 e. The lowest BCUT2D eigenvalue weighted by Gasteiger charge is -2.24. The number of esters is 1. The quantitative estimate of drug-likeness (QED) is 0.0321. The molecule has 3 N–H and O–H groups in total. The molecule has 0 rings (SSSR count). The number of nitrogens with one attached hydrogen (secondary N) is 1. The molecule has 0 aliphatic rings. The van der Waals surface area contributed by atoms with Crippen molar-refractivity contribution < 1.29 is 24.5 Å². The maximum absolute atomic E-state index is 13.3. The fourth-order valence-electron chi connectivity index (χ4n) is 9.11. The van der Waals surface area contributed by atoms with Crippen LogP contribution >= 0.6 is 0 Å². The van der Waals surface area contributed by atoms with Crippen molar-refractivity contribution in [2.24, 2.45) is 0 Å². The third kappa shape index (κ3) is 51.7. The van der Waals surface area contributed by atoms with Gasteiger partial charge in [-0.15, -0.1) is 0 Å². The monoisotopic (exact) mass is 966 g/mol. The lowest BCUT2D eigenvalue weighted by molar-refractivity contribution is -0.151. The van der Waals surface area contributed by atoms with Crippen molar-refractivity contribution in [3.8, 4) is 0 Å². The molecule has 0 saturated heterocycles. The molecule has 0 aromatic heterocycles. The highest BCUT2D eigenvalue weighted by molar-refractivity contribution is 5.77. The van der Waals surface area contributed by atoms with E-state index in [1.54, 1.807) is 0 Å². The molecule has 1 amide bonds. The van der Waals surface area contributed by atoms with Crippen LogP contribution < -0.4 is 5.32 Å². The van der Waals surface area contributed by atoms with E-state index in [0.717, 1.165) is 83.5 Å². The van der Waals surface area contributed by atoms with Crippen LogP contribution in [-0.4, -0.2) is 46.9 Å². The summed E-state index contributed by atoms with van der Waals surface area (Å²) in [5, 5.41) is 23.9. The normalized spacial score (nSPS) is 13.5. The SMILES string of the molecule is CC/C=C\C/C=C\C/C=C\C/C=C\C/C=C\CCCC(CC(=O)NC(CO)C(O)CCCCCCCCCCCCCCCCC)OC(=O)CCCCCCCCCCCCCCCCCCCC. The minimum absolute atomic E-state index is 0.0404. The highest BCUT2D eigenvalue weighted by Crippen LogP contribution is 2.18. The number of rotatable bonds is 54. The Hall–Kier alpha value is -2.44. The zero-order valence-electron chi connectivity index (χ0n) is 45.9. The second-order valence-electron chi connectivity index (χ2n) is 20.4. The maximum atomic E-state index is 13.3. The van der Waals surface area contributed by atoms with Crippen molar-refractivity contribution in [3.63, 3.8) is 0 Å². The molecule has 3 unspecified atom stereocenters. The van der Waals surface area contributed by atoms with Gasteiger partial charge in [0.15, 0.2) is 0 Å². The number of amides is 1. The second-order valence-corrected chi connectivity index (χ2v) is 20.4. The van der Waals surface area contributed by atoms with Gasteiger partial charge in [0, 0.05) is 6.42 Å². The standard InChI is InChI=1S/C63H115NO5/c1-4-7-10-13-16-19-22-25-28-30-32-35-38-41-44-47-50-53-56-63(68)69-59(54-51-48-45-42-39-36-34-31-29-26-23-20-17-14-11-8-5-2)57-62(67)64-60(58-65)61(66)55-52-49-46-43-40-37-33-27-24-21-18-15-12-9-6-3/h8,11,17,20,26,29,34,36,42,45,59-61,65-66H,4-7,9-10,12-16,18-19,21-25,27-28,30-33,35,37-41,43-44,46-58H2,1-3H3,(H,64,67)/b11-8-,20-17-,29-26-,36-34-,45-42-. The molecule has 0 aromatic carbocycles. The fourth-order valence-corrected chi connectivity index (χ4v) is 9.11. The molecule has 69 heavy (non-hydrogen) atoms. The molecule has 0 bridgehead atoms. The molecular weight excluding hydrogens is 851 g/mol. The minimum atomic E-state index is -0.804. The van der Waals surface area contributed by atoms with Gasteiger partial charge in [-0.1, -0.05) is 287 Å². The summed E-state index contributed by atoms with van der Waals surface area (Å²) in [5.74, 6) is -0.517. The van der Waals surface area contributed by atoms with Crippen molar-refractivity contribution in [1.82, 2.24) is 5.32 Å². The smallest absolute Gasteiger partial charge is 0.306 e. The van der Waals surface area contributed by atoms with Gasteiger partial charge >= 0.3 is 5.97 Å². The van der Waals surface area contributed by atoms with Crippen LogP contribution in [0, 0.1) is 0 Å². The Bertz CT molecular complexity index is 1220. The Kier molecular flexibility index (Phi) is 54.5. The van der Waals surface area contributed by atoms with Crippen LogP contribution in [0.5, 0.6) is 0 Å². The molecule has 0 fully saturated rings. The molecule has 0 aliphatic carbocycles. The van der Waals surface area contributed by atoms with E-state index in [0.29, 0.717) is 19.3 Å². The van der Waals surface area contributed by atoms with E-state index in [2.05, 4.69) is 86.8 Å². The van der Waals surface area contributed by atoms with Crippen LogP contribution in [0.1, 0.15) is 303 Å². The number of aliphatic hydroxyl groups excluding tert-OH is 2. The van der Waals surface area contributed by atoms with Gasteiger partial charge in [0.1, 0.15) is 6.10 Å².